The van der Waals surface area contributed by atoms with Crippen molar-refractivity contribution in [1.29, 1.82) is 0 Å². The van der Waals surface area contributed by atoms with Crippen LogP contribution in [0.15, 0.2) is 18.2 Å². The third kappa shape index (κ3) is 5.81. The molecule has 4 rings (SSSR count). The quantitative estimate of drug-likeness (QED) is 0.658. The number of hydrogen-bond donors (Lipinski definition) is 2. The van der Waals surface area contributed by atoms with Gasteiger partial charge in [0.2, 0.25) is 17.7 Å². The summed E-state index contributed by atoms with van der Waals surface area (Å²) in [6.07, 6.45) is 5.01. The maximum Gasteiger partial charge on any atom is 0.239 e. The summed E-state index contributed by atoms with van der Waals surface area (Å²) in [5.74, 6) is 1.03. The van der Waals surface area contributed by atoms with Crippen LogP contribution in [0.4, 0.5) is 0 Å². The standard InChI is InChI=1S/C24H32Cl2N4O3/c1-15(31)29-8-6-17(7-9-29)18-3-5-22-19(11-18)24(33)30(14-28-22)13-23(32)27-12-16-2-4-20(25)21(26)10-16/h2,4,10,17-19,22,28H,3,5-9,11-14H2,1H3,(H,27,32). The summed E-state index contributed by atoms with van der Waals surface area (Å²) in [5, 5.41) is 7.27. The van der Waals surface area contributed by atoms with E-state index in [4.69, 9.17) is 23.2 Å². The Morgan fingerprint density at radius 2 is 1.85 bits per heavy atom. The number of piperidine rings is 1. The fourth-order valence-corrected chi connectivity index (χ4v) is 5.91. The number of carbonyl (C=O) groups excluding carboxylic acids is 3. The molecule has 3 aliphatic rings. The number of nitrogens with zero attached hydrogens (tertiary/aromatic N) is 2. The summed E-state index contributed by atoms with van der Waals surface area (Å²) in [4.78, 5) is 40.9. The van der Waals surface area contributed by atoms with E-state index in [1.54, 1.807) is 24.0 Å². The molecule has 1 aromatic carbocycles. The van der Waals surface area contributed by atoms with Gasteiger partial charge in [0.15, 0.2) is 0 Å². The van der Waals surface area contributed by atoms with Gasteiger partial charge in [0.25, 0.3) is 0 Å². The molecule has 3 atom stereocenters. The second-order valence-corrected chi connectivity index (χ2v) is 10.4. The van der Waals surface area contributed by atoms with Crippen LogP contribution in [0.25, 0.3) is 0 Å². The van der Waals surface area contributed by atoms with Gasteiger partial charge in [0.05, 0.1) is 22.6 Å². The molecule has 1 aromatic rings. The average molecular weight is 495 g/mol. The van der Waals surface area contributed by atoms with Gasteiger partial charge in [-0.05, 0) is 61.6 Å². The predicted octanol–water partition coefficient (Wildman–Crippen LogP) is 3.04. The predicted molar refractivity (Wildman–Crippen MR) is 128 cm³/mol. The molecule has 0 bridgehead atoms. The highest BCUT2D eigenvalue weighted by Gasteiger charge is 2.43. The Bertz CT molecular complexity index is 904. The lowest BCUT2D eigenvalue weighted by atomic mass is 9.69. The number of nitrogens with one attached hydrogen (secondary N) is 2. The average Bonchev–Trinajstić information content (AvgIpc) is 2.81. The van der Waals surface area contributed by atoms with Crippen LogP contribution in [0.1, 0.15) is 44.6 Å². The van der Waals surface area contributed by atoms with Crippen molar-refractivity contribution >= 4 is 40.9 Å². The first-order valence-electron chi connectivity index (χ1n) is 11.8. The van der Waals surface area contributed by atoms with Crippen molar-refractivity contribution in [3.8, 4) is 0 Å². The first kappa shape index (κ1) is 24.3. The number of rotatable bonds is 5. The van der Waals surface area contributed by atoms with E-state index in [2.05, 4.69) is 10.6 Å². The van der Waals surface area contributed by atoms with Gasteiger partial charge >= 0.3 is 0 Å². The maximum atomic E-state index is 13.2. The zero-order valence-electron chi connectivity index (χ0n) is 19.0. The van der Waals surface area contributed by atoms with Gasteiger partial charge < -0.3 is 15.1 Å². The molecule has 2 heterocycles. The molecule has 0 radical (unpaired) electrons. The van der Waals surface area contributed by atoms with Crippen LogP contribution >= 0.6 is 23.2 Å². The van der Waals surface area contributed by atoms with Crippen LogP contribution in [0.5, 0.6) is 0 Å². The fraction of sp³-hybridized carbons (Fsp3) is 0.625. The molecule has 180 valence electrons. The zero-order chi connectivity index (χ0) is 23.5. The van der Waals surface area contributed by atoms with Crippen LogP contribution in [-0.4, -0.2) is 59.9 Å². The lowest BCUT2D eigenvalue weighted by Crippen LogP contribution is -2.60. The topological polar surface area (TPSA) is 81.8 Å². The van der Waals surface area contributed by atoms with Crippen molar-refractivity contribution in [2.24, 2.45) is 17.8 Å². The number of amides is 3. The van der Waals surface area contributed by atoms with Crippen molar-refractivity contribution in [2.75, 3.05) is 26.3 Å². The van der Waals surface area contributed by atoms with Crippen LogP contribution in [0.3, 0.4) is 0 Å². The fourth-order valence-electron chi connectivity index (χ4n) is 5.59. The van der Waals surface area contributed by atoms with Crippen LogP contribution < -0.4 is 10.6 Å². The molecular weight excluding hydrogens is 463 g/mol. The van der Waals surface area contributed by atoms with Gasteiger partial charge in [-0.25, -0.2) is 0 Å². The van der Waals surface area contributed by atoms with Gasteiger partial charge in [-0.3, -0.25) is 19.7 Å². The Morgan fingerprint density at radius 3 is 2.55 bits per heavy atom. The van der Waals surface area contributed by atoms with Crippen LogP contribution in [0, 0.1) is 17.8 Å². The Kier molecular flexibility index (Phi) is 7.82. The molecule has 1 aliphatic carbocycles. The lowest BCUT2D eigenvalue weighted by Gasteiger charge is -2.46. The van der Waals surface area contributed by atoms with E-state index in [1.165, 1.54) is 0 Å². The van der Waals surface area contributed by atoms with Gasteiger partial charge in [-0.2, -0.15) is 0 Å². The highest BCUT2D eigenvalue weighted by atomic mass is 35.5. The summed E-state index contributed by atoms with van der Waals surface area (Å²) in [6, 6.07) is 5.44. The Balaban J connectivity index is 1.28. The highest BCUT2D eigenvalue weighted by molar-refractivity contribution is 6.42. The number of benzene rings is 1. The summed E-state index contributed by atoms with van der Waals surface area (Å²) in [7, 11) is 0. The van der Waals surface area contributed by atoms with Gasteiger partial charge in [-0.15, -0.1) is 0 Å². The molecule has 2 N–H and O–H groups in total. The summed E-state index contributed by atoms with van der Waals surface area (Å²) < 4.78 is 0. The van der Waals surface area contributed by atoms with Gasteiger partial charge in [-0.1, -0.05) is 29.3 Å². The Hall–Kier alpha value is -1.83. The SMILES string of the molecule is CC(=O)N1CCC(C2CCC3NCN(CC(=O)NCc4ccc(Cl)c(Cl)c4)C(=O)C3C2)CC1. The Morgan fingerprint density at radius 1 is 1.09 bits per heavy atom. The molecule has 0 spiro atoms. The van der Waals surface area contributed by atoms with Crippen molar-refractivity contribution in [1.82, 2.24) is 20.4 Å². The maximum absolute atomic E-state index is 13.2. The molecular formula is C24H32Cl2N4O3. The lowest BCUT2D eigenvalue weighted by molar-refractivity contribution is -0.146. The van der Waals surface area contributed by atoms with Gasteiger partial charge in [0, 0.05) is 32.6 Å². The molecule has 3 fully saturated rings. The van der Waals surface area contributed by atoms with Crippen molar-refractivity contribution in [3.05, 3.63) is 33.8 Å². The van der Waals surface area contributed by atoms with E-state index < -0.39 is 0 Å². The monoisotopic (exact) mass is 494 g/mol. The minimum atomic E-state index is -0.196. The van der Waals surface area contributed by atoms with Crippen LogP contribution in [-0.2, 0) is 20.9 Å². The third-order valence-electron chi connectivity index (χ3n) is 7.52. The van der Waals surface area contributed by atoms with E-state index in [1.807, 2.05) is 11.0 Å². The smallest absolute Gasteiger partial charge is 0.239 e. The van der Waals surface area contributed by atoms with E-state index in [-0.39, 0.29) is 36.2 Å². The number of hydrogen-bond acceptors (Lipinski definition) is 4. The van der Waals surface area contributed by atoms with Crippen molar-refractivity contribution in [3.63, 3.8) is 0 Å². The summed E-state index contributed by atoms with van der Waals surface area (Å²) in [6.45, 7) is 4.05. The first-order valence-corrected chi connectivity index (χ1v) is 12.6. The second-order valence-electron chi connectivity index (χ2n) is 9.55. The van der Waals surface area contributed by atoms with E-state index >= 15 is 0 Å². The second kappa shape index (κ2) is 10.6. The summed E-state index contributed by atoms with van der Waals surface area (Å²) >= 11 is 12.0. The van der Waals surface area contributed by atoms with Crippen LogP contribution in [0.2, 0.25) is 10.0 Å². The minimum Gasteiger partial charge on any atom is -0.350 e. The molecule has 2 saturated heterocycles. The molecule has 9 heteroatoms. The van der Waals surface area contributed by atoms with E-state index in [0.717, 1.165) is 50.8 Å². The normalized spacial score (nSPS) is 26.2. The number of carbonyl (C=O) groups is 3. The number of fused-ring (bicyclic) bond motifs is 1. The molecule has 33 heavy (non-hydrogen) atoms. The molecule has 1 saturated carbocycles. The summed E-state index contributed by atoms with van der Waals surface area (Å²) in [5.41, 5.74) is 0.854. The number of halogens is 2. The molecule has 7 nitrogen and oxygen atoms in total. The van der Waals surface area contributed by atoms with Crippen molar-refractivity contribution < 1.29 is 14.4 Å². The molecule has 0 aromatic heterocycles. The minimum absolute atomic E-state index is 0.0397. The Labute approximate surface area is 205 Å². The number of likely N-dealkylation sites (tertiary alicyclic amines) is 1. The zero-order valence-corrected chi connectivity index (χ0v) is 20.5. The largest absolute Gasteiger partial charge is 0.350 e. The molecule has 2 aliphatic heterocycles. The van der Waals surface area contributed by atoms with E-state index in [0.29, 0.717) is 35.1 Å². The van der Waals surface area contributed by atoms with Gasteiger partial charge in [0.1, 0.15) is 6.54 Å². The first-order chi connectivity index (χ1) is 15.8. The molecule has 3 unspecified atom stereocenters. The van der Waals surface area contributed by atoms with Crippen molar-refractivity contribution in [2.45, 2.75) is 51.6 Å². The molecule has 3 amide bonds. The van der Waals surface area contributed by atoms with E-state index in [9.17, 15) is 14.4 Å². The highest BCUT2D eigenvalue weighted by Crippen LogP contribution is 2.40. The third-order valence-corrected chi connectivity index (χ3v) is 8.26.